The summed E-state index contributed by atoms with van der Waals surface area (Å²) >= 11 is 0. The van der Waals surface area contributed by atoms with Crippen LogP contribution in [0.15, 0.2) is 47.5 Å². The summed E-state index contributed by atoms with van der Waals surface area (Å²) in [4.78, 5) is 54.4. The summed E-state index contributed by atoms with van der Waals surface area (Å²) in [6.07, 6.45) is 4.03. The van der Waals surface area contributed by atoms with Crippen molar-refractivity contribution in [3.8, 4) is 0 Å². The number of aromatic nitrogens is 2. The predicted octanol–water partition coefficient (Wildman–Crippen LogP) is 1.45. The molecule has 3 amide bonds. The molecule has 2 aromatic heterocycles. The molecule has 196 valence electrons. The summed E-state index contributed by atoms with van der Waals surface area (Å²) in [6, 6.07) is 9.05. The lowest BCUT2D eigenvalue weighted by atomic mass is 10.1. The number of nitrogens with one attached hydrogen (secondary N) is 4. The predicted molar refractivity (Wildman–Crippen MR) is 139 cm³/mol. The zero-order chi connectivity index (χ0) is 26.5. The minimum absolute atomic E-state index is 0.0236. The van der Waals surface area contributed by atoms with Crippen LogP contribution in [0.2, 0.25) is 0 Å². The number of hydrogen-bond acceptors (Lipinski definition) is 5. The fourth-order valence-electron chi connectivity index (χ4n) is 4.49. The molecule has 1 aliphatic carbocycles. The summed E-state index contributed by atoms with van der Waals surface area (Å²) in [5.74, 6) is -0.544. The molecule has 3 aromatic rings. The van der Waals surface area contributed by atoms with Gasteiger partial charge in [-0.3, -0.25) is 14.4 Å². The standard InChI is InChI=1S/C26H32N6O5/c1-27-24(34)20-12-18(15-32(25(20)35)14-17-4-3-5-21-19(17)6-8-28-21)23(33)30-22-13-16(22)7-10-31(2)11-9-29-26(36)37/h3-6,8,12,15-16,22,28-29H,7,9-11,13-14H2,1-2H3,(H,27,34)(H,30,33)(H,36,37)/t16-,22-/m1/s1. The maximum absolute atomic E-state index is 13.1. The van der Waals surface area contributed by atoms with Gasteiger partial charge >= 0.3 is 6.09 Å². The molecule has 37 heavy (non-hydrogen) atoms. The number of rotatable bonds is 11. The molecule has 5 N–H and O–H groups in total. The van der Waals surface area contributed by atoms with Crippen LogP contribution in [-0.4, -0.2) is 77.2 Å². The first-order valence-electron chi connectivity index (χ1n) is 12.2. The fraction of sp³-hybridized carbons (Fsp3) is 0.385. The van der Waals surface area contributed by atoms with Crippen molar-refractivity contribution < 1.29 is 19.5 Å². The van der Waals surface area contributed by atoms with Crippen LogP contribution in [0.5, 0.6) is 0 Å². The molecule has 1 aromatic carbocycles. The number of pyridine rings is 1. The molecule has 0 radical (unpaired) electrons. The third-order valence-electron chi connectivity index (χ3n) is 6.74. The Kier molecular flexibility index (Phi) is 7.92. The normalized spacial score (nSPS) is 16.5. The minimum atomic E-state index is -1.04. The Labute approximate surface area is 213 Å². The van der Waals surface area contributed by atoms with Gasteiger partial charge < -0.3 is 35.5 Å². The van der Waals surface area contributed by atoms with Crippen molar-refractivity contribution in [3.63, 3.8) is 0 Å². The molecule has 1 saturated carbocycles. The average molecular weight is 509 g/mol. The Bertz CT molecular complexity index is 1360. The third-order valence-corrected chi connectivity index (χ3v) is 6.74. The van der Waals surface area contributed by atoms with E-state index in [1.807, 2.05) is 42.4 Å². The number of H-pyrrole nitrogens is 1. The van der Waals surface area contributed by atoms with Crippen LogP contribution < -0.4 is 21.5 Å². The van der Waals surface area contributed by atoms with E-state index in [1.54, 1.807) is 0 Å². The quantitative estimate of drug-likeness (QED) is 0.265. The number of fused-ring (bicyclic) bond motifs is 1. The highest BCUT2D eigenvalue weighted by atomic mass is 16.4. The van der Waals surface area contributed by atoms with Crippen molar-refractivity contribution in [3.05, 3.63) is 69.8 Å². The molecule has 0 aliphatic heterocycles. The first-order valence-corrected chi connectivity index (χ1v) is 12.2. The third kappa shape index (κ3) is 6.36. The number of nitrogens with zero attached hydrogens (tertiary/aromatic N) is 2. The van der Waals surface area contributed by atoms with Crippen LogP contribution >= 0.6 is 0 Å². The maximum Gasteiger partial charge on any atom is 0.404 e. The number of aromatic amines is 1. The summed E-state index contributed by atoms with van der Waals surface area (Å²) in [7, 11) is 3.37. The van der Waals surface area contributed by atoms with Gasteiger partial charge in [-0.05, 0) is 56.1 Å². The highest BCUT2D eigenvalue weighted by Crippen LogP contribution is 2.34. The van der Waals surface area contributed by atoms with Crippen molar-refractivity contribution in [2.45, 2.75) is 25.4 Å². The van der Waals surface area contributed by atoms with E-state index in [-0.39, 0.29) is 29.6 Å². The van der Waals surface area contributed by atoms with Gasteiger partial charge in [-0.2, -0.15) is 0 Å². The molecular formula is C26H32N6O5. The van der Waals surface area contributed by atoms with Crippen molar-refractivity contribution in [1.29, 1.82) is 0 Å². The summed E-state index contributed by atoms with van der Waals surface area (Å²) in [5, 5.41) is 17.5. The first-order chi connectivity index (χ1) is 17.8. The second-order valence-corrected chi connectivity index (χ2v) is 9.41. The molecule has 0 spiro atoms. The first kappa shape index (κ1) is 26.0. The van der Waals surface area contributed by atoms with Gasteiger partial charge in [0.1, 0.15) is 5.56 Å². The highest BCUT2D eigenvalue weighted by molar-refractivity contribution is 5.99. The van der Waals surface area contributed by atoms with E-state index in [9.17, 15) is 19.2 Å². The van der Waals surface area contributed by atoms with Crippen LogP contribution in [0.3, 0.4) is 0 Å². The van der Waals surface area contributed by atoms with Gasteiger partial charge in [0.15, 0.2) is 0 Å². The van der Waals surface area contributed by atoms with Gasteiger partial charge in [0.2, 0.25) is 0 Å². The molecule has 1 aliphatic rings. The van der Waals surface area contributed by atoms with Gasteiger partial charge in [-0.1, -0.05) is 12.1 Å². The van der Waals surface area contributed by atoms with Crippen LogP contribution in [-0.2, 0) is 6.54 Å². The summed E-state index contributed by atoms with van der Waals surface area (Å²) < 4.78 is 1.41. The lowest BCUT2D eigenvalue weighted by Gasteiger charge is -2.16. The van der Waals surface area contributed by atoms with Crippen molar-refractivity contribution >= 4 is 28.8 Å². The second-order valence-electron chi connectivity index (χ2n) is 9.41. The van der Waals surface area contributed by atoms with Crippen molar-refractivity contribution in [2.24, 2.45) is 5.92 Å². The molecule has 0 unspecified atom stereocenters. The smallest absolute Gasteiger partial charge is 0.404 e. The number of carbonyl (C=O) groups excluding carboxylic acids is 2. The molecule has 2 heterocycles. The van der Waals surface area contributed by atoms with Crippen molar-refractivity contribution in [1.82, 2.24) is 30.4 Å². The van der Waals surface area contributed by atoms with E-state index in [2.05, 4.69) is 20.9 Å². The van der Waals surface area contributed by atoms with Crippen LogP contribution in [0.25, 0.3) is 10.9 Å². The molecule has 0 saturated heterocycles. The van der Waals surface area contributed by atoms with E-state index in [0.29, 0.717) is 19.0 Å². The summed E-state index contributed by atoms with van der Waals surface area (Å²) in [5.41, 5.74) is 1.54. The number of carboxylic acid groups (broad SMARTS) is 1. The molecule has 11 heteroatoms. The topological polar surface area (TPSA) is 149 Å². The Hall–Kier alpha value is -4.12. The second kappa shape index (κ2) is 11.3. The Morgan fingerprint density at radius 3 is 2.76 bits per heavy atom. The van der Waals surface area contributed by atoms with Gasteiger partial charge in [0.25, 0.3) is 17.4 Å². The van der Waals surface area contributed by atoms with E-state index >= 15 is 0 Å². The Balaban J connectivity index is 1.43. The average Bonchev–Trinajstić information content (AvgIpc) is 3.42. The van der Waals surface area contributed by atoms with Crippen LogP contribution in [0, 0.1) is 5.92 Å². The largest absolute Gasteiger partial charge is 0.465 e. The van der Waals surface area contributed by atoms with Gasteiger partial charge in [-0.25, -0.2) is 4.79 Å². The Morgan fingerprint density at radius 2 is 2.00 bits per heavy atom. The lowest BCUT2D eigenvalue weighted by Crippen LogP contribution is -2.35. The van der Waals surface area contributed by atoms with E-state index in [0.717, 1.165) is 35.9 Å². The van der Waals surface area contributed by atoms with E-state index in [1.165, 1.54) is 23.9 Å². The summed E-state index contributed by atoms with van der Waals surface area (Å²) in [6.45, 7) is 1.97. The highest BCUT2D eigenvalue weighted by Gasteiger charge is 2.38. The maximum atomic E-state index is 13.1. The fourth-order valence-corrected chi connectivity index (χ4v) is 4.49. The minimum Gasteiger partial charge on any atom is -0.465 e. The van der Waals surface area contributed by atoms with E-state index in [4.69, 9.17) is 5.11 Å². The van der Waals surface area contributed by atoms with Gasteiger partial charge in [0.05, 0.1) is 12.1 Å². The van der Waals surface area contributed by atoms with Gasteiger partial charge in [0, 0.05) is 49.5 Å². The SMILES string of the molecule is CNC(=O)c1cc(C(=O)N[C@@H]2C[C@H]2CCN(C)CCNC(=O)O)cn(Cc2cccc3[nH]ccc23)c1=O. The monoisotopic (exact) mass is 508 g/mol. The van der Waals surface area contributed by atoms with Crippen LogP contribution in [0.4, 0.5) is 4.79 Å². The zero-order valence-electron chi connectivity index (χ0n) is 20.9. The number of amides is 3. The molecule has 0 bridgehead atoms. The van der Waals surface area contributed by atoms with Crippen LogP contribution in [0.1, 0.15) is 39.1 Å². The zero-order valence-corrected chi connectivity index (χ0v) is 20.9. The number of hydrogen-bond donors (Lipinski definition) is 5. The molecule has 2 atom stereocenters. The molecule has 11 nitrogen and oxygen atoms in total. The Morgan fingerprint density at radius 1 is 1.19 bits per heavy atom. The molecular weight excluding hydrogens is 476 g/mol. The number of likely N-dealkylation sites (N-methyl/N-ethyl adjacent to an activating group) is 1. The molecule has 1 fully saturated rings. The van der Waals surface area contributed by atoms with Gasteiger partial charge in [-0.15, -0.1) is 0 Å². The van der Waals surface area contributed by atoms with E-state index < -0.39 is 17.6 Å². The van der Waals surface area contributed by atoms with Crippen molar-refractivity contribution in [2.75, 3.05) is 33.7 Å². The molecule has 4 rings (SSSR count). The lowest BCUT2D eigenvalue weighted by molar-refractivity contribution is 0.0947. The number of benzene rings is 1. The number of carbonyl (C=O) groups is 3.